The minimum Gasteiger partial charge on any atom is -0.495 e. The molecule has 0 aromatic heterocycles. The fourth-order valence-electron chi connectivity index (χ4n) is 3.11. The second-order valence-electron chi connectivity index (χ2n) is 6.79. The molecule has 1 aromatic carbocycles. The number of likely N-dealkylation sites (tertiary alicyclic amines) is 1. The van der Waals surface area contributed by atoms with E-state index in [1.807, 2.05) is 6.07 Å². The van der Waals surface area contributed by atoms with Crippen molar-refractivity contribution in [3.63, 3.8) is 0 Å². The lowest BCUT2D eigenvalue weighted by molar-refractivity contribution is 0.402. The molecule has 1 aliphatic heterocycles. The van der Waals surface area contributed by atoms with Gasteiger partial charge in [0.15, 0.2) is 6.19 Å². The van der Waals surface area contributed by atoms with Crippen LogP contribution in [0.25, 0.3) is 0 Å². The van der Waals surface area contributed by atoms with E-state index >= 15 is 0 Å². The van der Waals surface area contributed by atoms with Gasteiger partial charge < -0.3 is 15.0 Å². The molecule has 1 saturated heterocycles. The first-order valence-electron chi connectivity index (χ1n) is 8.98. The molecule has 26 heavy (non-hydrogen) atoms. The van der Waals surface area contributed by atoms with Crippen LogP contribution in [-0.2, 0) is 10.0 Å². The minimum absolute atomic E-state index is 0.114. The number of benzene rings is 1. The molecule has 7 nitrogen and oxygen atoms in total. The van der Waals surface area contributed by atoms with E-state index in [1.165, 1.54) is 7.11 Å². The number of sulfonamides is 1. The molecule has 1 aliphatic rings. The summed E-state index contributed by atoms with van der Waals surface area (Å²) < 4.78 is 33.6. The average Bonchev–Trinajstić information content (AvgIpc) is 3.07. The SMILES string of the molecule is CCCC(C)CNc1ccc(OC)c(S(=O)(=O)N[C@@H]2CCN(C#N)C2)c1. The molecule has 0 saturated carbocycles. The predicted octanol–water partition coefficient (Wildman–Crippen LogP) is 2.38. The Morgan fingerprint density at radius 3 is 2.85 bits per heavy atom. The Balaban J connectivity index is 2.15. The normalized spacial score (nSPS) is 18.4. The summed E-state index contributed by atoms with van der Waals surface area (Å²) >= 11 is 0. The zero-order valence-corrected chi connectivity index (χ0v) is 16.5. The lowest BCUT2D eigenvalue weighted by Crippen LogP contribution is -2.36. The minimum atomic E-state index is -3.74. The van der Waals surface area contributed by atoms with Gasteiger partial charge in [0.25, 0.3) is 0 Å². The third-order valence-electron chi connectivity index (χ3n) is 4.54. The van der Waals surface area contributed by atoms with Gasteiger partial charge >= 0.3 is 0 Å². The van der Waals surface area contributed by atoms with Crippen molar-refractivity contribution in [2.24, 2.45) is 5.92 Å². The van der Waals surface area contributed by atoms with Crippen molar-refractivity contribution < 1.29 is 13.2 Å². The Labute approximate surface area is 156 Å². The highest BCUT2D eigenvalue weighted by atomic mass is 32.2. The number of nitriles is 1. The van der Waals surface area contributed by atoms with Gasteiger partial charge in [0.05, 0.1) is 7.11 Å². The maximum Gasteiger partial charge on any atom is 0.244 e. The summed E-state index contributed by atoms with van der Waals surface area (Å²) in [6, 6.07) is 4.82. The van der Waals surface area contributed by atoms with E-state index in [0.29, 0.717) is 31.2 Å². The van der Waals surface area contributed by atoms with Crippen molar-refractivity contribution in [1.29, 1.82) is 5.26 Å². The molecule has 0 aliphatic carbocycles. The molecule has 0 spiro atoms. The van der Waals surface area contributed by atoms with Crippen molar-refractivity contribution in [3.8, 4) is 11.9 Å². The summed E-state index contributed by atoms with van der Waals surface area (Å²) in [6.07, 6.45) is 4.90. The molecule has 0 bridgehead atoms. The molecule has 144 valence electrons. The molecular weight excluding hydrogens is 352 g/mol. The second kappa shape index (κ2) is 9.10. The van der Waals surface area contributed by atoms with Crippen molar-refractivity contribution in [3.05, 3.63) is 18.2 Å². The number of ether oxygens (including phenoxy) is 1. The third kappa shape index (κ3) is 5.26. The number of rotatable bonds is 9. The van der Waals surface area contributed by atoms with Crippen LogP contribution in [0.4, 0.5) is 5.69 Å². The van der Waals surface area contributed by atoms with Crippen LogP contribution in [0.15, 0.2) is 23.1 Å². The fourth-order valence-corrected chi connectivity index (χ4v) is 4.57. The molecule has 1 heterocycles. The van der Waals surface area contributed by atoms with Crippen molar-refractivity contribution >= 4 is 15.7 Å². The molecule has 2 rings (SSSR count). The first-order valence-corrected chi connectivity index (χ1v) is 10.5. The number of methoxy groups -OCH3 is 1. The lowest BCUT2D eigenvalue weighted by Gasteiger charge is -2.17. The van der Waals surface area contributed by atoms with Gasteiger partial charge in [-0.2, -0.15) is 5.26 Å². The molecule has 1 aromatic rings. The van der Waals surface area contributed by atoms with Crippen LogP contribution in [0, 0.1) is 17.4 Å². The first kappa shape index (κ1) is 20.3. The van der Waals surface area contributed by atoms with Gasteiger partial charge in [0.1, 0.15) is 10.6 Å². The van der Waals surface area contributed by atoms with Crippen LogP contribution in [0.5, 0.6) is 5.75 Å². The number of nitrogens with zero attached hydrogens (tertiary/aromatic N) is 2. The van der Waals surface area contributed by atoms with Crippen LogP contribution in [0.3, 0.4) is 0 Å². The summed E-state index contributed by atoms with van der Waals surface area (Å²) in [6.45, 7) is 6.06. The third-order valence-corrected chi connectivity index (χ3v) is 6.08. The molecule has 8 heteroatoms. The maximum atomic E-state index is 12.8. The van der Waals surface area contributed by atoms with Gasteiger partial charge in [0.2, 0.25) is 10.0 Å². The average molecular weight is 381 g/mol. The highest BCUT2D eigenvalue weighted by molar-refractivity contribution is 7.89. The Morgan fingerprint density at radius 1 is 1.46 bits per heavy atom. The van der Waals surface area contributed by atoms with E-state index in [9.17, 15) is 8.42 Å². The van der Waals surface area contributed by atoms with Crippen molar-refractivity contribution in [2.75, 3.05) is 32.1 Å². The molecule has 1 unspecified atom stereocenters. The standard InChI is InChI=1S/C18H28N4O3S/c1-4-5-14(2)11-20-15-6-7-17(25-3)18(10-15)26(23,24)21-16-8-9-22(12-16)13-19/h6-7,10,14,16,20-21H,4-5,8-9,11-12H2,1-3H3/t14?,16-/m1/s1. The van der Waals surface area contributed by atoms with Gasteiger partial charge in [-0.3, -0.25) is 0 Å². The van der Waals surface area contributed by atoms with Gasteiger partial charge in [-0.05, 0) is 37.0 Å². The smallest absolute Gasteiger partial charge is 0.244 e. The van der Waals surface area contributed by atoms with Crippen molar-refractivity contribution in [1.82, 2.24) is 9.62 Å². The van der Waals surface area contributed by atoms with Crippen LogP contribution >= 0.6 is 0 Å². The maximum absolute atomic E-state index is 12.8. The molecular formula is C18H28N4O3S. The van der Waals surface area contributed by atoms with Gasteiger partial charge in [0, 0.05) is 31.4 Å². The predicted molar refractivity (Wildman–Crippen MR) is 101 cm³/mol. The lowest BCUT2D eigenvalue weighted by atomic mass is 10.1. The highest BCUT2D eigenvalue weighted by Crippen LogP contribution is 2.28. The summed E-state index contributed by atoms with van der Waals surface area (Å²) in [4.78, 5) is 1.67. The molecule has 1 fully saturated rings. The molecule has 2 atom stereocenters. The Kier molecular flexibility index (Phi) is 7.12. The number of hydrogen-bond acceptors (Lipinski definition) is 6. The van der Waals surface area contributed by atoms with Gasteiger partial charge in [-0.25, -0.2) is 13.1 Å². The van der Waals surface area contributed by atoms with Crippen LogP contribution in [-0.4, -0.2) is 46.1 Å². The highest BCUT2D eigenvalue weighted by Gasteiger charge is 2.28. The summed E-state index contributed by atoms with van der Waals surface area (Å²) in [5, 5.41) is 12.2. The van der Waals surface area contributed by atoms with Crippen LogP contribution in [0.1, 0.15) is 33.1 Å². The fraction of sp³-hybridized carbons (Fsp3) is 0.611. The summed E-state index contributed by atoms with van der Waals surface area (Å²) in [7, 11) is -2.28. The number of hydrogen-bond donors (Lipinski definition) is 2. The Morgan fingerprint density at radius 2 is 2.23 bits per heavy atom. The number of nitrogens with one attached hydrogen (secondary N) is 2. The van der Waals surface area contributed by atoms with Gasteiger partial charge in [-0.1, -0.05) is 20.3 Å². The topological polar surface area (TPSA) is 94.5 Å². The van der Waals surface area contributed by atoms with E-state index < -0.39 is 10.0 Å². The van der Waals surface area contributed by atoms with E-state index in [4.69, 9.17) is 10.00 Å². The largest absolute Gasteiger partial charge is 0.495 e. The van der Waals surface area contributed by atoms with Crippen molar-refractivity contribution in [2.45, 2.75) is 44.0 Å². The van der Waals surface area contributed by atoms with E-state index in [0.717, 1.165) is 25.1 Å². The molecule has 2 N–H and O–H groups in total. The Hall–Kier alpha value is -1.98. The van der Waals surface area contributed by atoms with Crippen LogP contribution < -0.4 is 14.8 Å². The zero-order chi connectivity index (χ0) is 19.2. The first-order chi connectivity index (χ1) is 12.4. The van der Waals surface area contributed by atoms with E-state index in [-0.39, 0.29) is 10.9 Å². The monoisotopic (exact) mass is 380 g/mol. The number of anilines is 1. The molecule has 0 amide bonds. The summed E-state index contributed by atoms with van der Waals surface area (Å²) in [5.74, 6) is 0.815. The van der Waals surface area contributed by atoms with E-state index in [1.54, 1.807) is 17.0 Å². The Bertz CT molecular complexity index is 745. The van der Waals surface area contributed by atoms with E-state index in [2.05, 4.69) is 30.1 Å². The second-order valence-corrected chi connectivity index (χ2v) is 8.48. The quantitative estimate of drug-likeness (QED) is 0.639. The van der Waals surface area contributed by atoms with Crippen LogP contribution in [0.2, 0.25) is 0 Å². The zero-order valence-electron chi connectivity index (χ0n) is 15.7. The summed E-state index contributed by atoms with van der Waals surface area (Å²) in [5.41, 5.74) is 0.749. The van der Waals surface area contributed by atoms with Gasteiger partial charge in [-0.15, -0.1) is 0 Å². The molecule has 0 radical (unpaired) electrons.